The van der Waals surface area contributed by atoms with E-state index < -0.39 is 0 Å². The molecule has 2 rings (SSSR count). The van der Waals surface area contributed by atoms with Crippen molar-refractivity contribution in [3.63, 3.8) is 0 Å². The summed E-state index contributed by atoms with van der Waals surface area (Å²) >= 11 is 1.34. The molecule has 0 aliphatic carbocycles. The largest absolute Gasteiger partial charge is 0.353 e. The second-order valence-electron chi connectivity index (χ2n) is 6.09. The molecule has 1 amide bonds. The van der Waals surface area contributed by atoms with E-state index in [4.69, 9.17) is 0 Å². The number of unbranched alkanes of at least 4 members (excludes halogenated alkanes) is 1. The van der Waals surface area contributed by atoms with Gasteiger partial charge in [0, 0.05) is 12.6 Å². The topological polar surface area (TPSA) is 64.0 Å². The molecule has 0 radical (unpaired) electrons. The number of aromatic nitrogens is 2. The molecule has 0 atom stereocenters. The van der Waals surface area contributed by atoms with Crippen molar-refractivity contribution in [2.75, 3.05) is 5.75 Å². The molecular formula is C19H27N3O2S. The Hall–Kier alpha value is -1.82. The quantitative estimate of drug-likeness (QED) is 0.547. The molecular weight excluding hydrogens is 334 g/mol. The van der Waals surface area contributed by atoms with Crippen molar-refractivity contribution in [2.45, 2.75) is 64.2 Å². The highest BCUT2D eigenvalue weighted by Gasteiger charge is 2.14. The lowest BCUT2D eigenvalue weighted by atomic mass is 10.2. The van der Waals surface area contributed by atoms with Gasteiger partial charge in [0.2, 0.25) is 5.91 Å². The lowest BCUT2D eigenvalue weighted by Gasteiger charge is -2.15. The van der Waals surface area contributed by atoms with Crippen molar-refractivity contribution < 1.29 is 4.79 Å². The third-order valence-corrected chi connectivity index (χ3v) is 5.22. The highest BCUT2D eigenvalue weighted by Crippen LogP contribution is 2.18. The van der Waals surface area contributed by atoms with Crippen LogP contribution in [-0.4, -0.2) is 27.3 Å². The predicted octanol–water partition coefficient (Wildman–Crippen LogP) is 3.59. The highest BCUT2D eigenvalue weighted by atomic mass is 32.2. The van der Waals surface area contributed by atoms with Gasteiger partial charge in [-0.25, -0.2) is 4.98 Å². The van der Waals surface area contributed by atoms with Crippen molar-refractivity contribution in [1.82, 2.24) is 14.9 Å². The van der Waals surface area contributed by atoms with Crippen molar-refractivity contribution in [2.24, 2.45) is 0 Å². The Balaban J connectivity index is 2.23. The van der Waals surface area contributed by atoms with Gasteiger partial charge in [-0.2, -0.15) is 0 Å². The molecule has 136 valence electrons. The first-order valence-electron chi connectivity index (χ1n) is 9.02. The lowest BCUT2D eigenvalue weighted by Crippen LogP contribution is -2.35. The minimum absolute atomic E-state index is 0.0110. The summed E-state index contributed by atoms with van der Waals surface area (Å²) in [5.74, 6) is 0.260. The van der Waals surface area contributed by atoms with Gasteiger partial charge in [0.1, 0.15) is 0 Å². The van der Waals surface area contributed by atoms with Crippen LogP contribution in [0.15, 0.2) is 34.2 Å². The Morgan fingerprint density at radius 1 is 1.24 bits per heavy atom. The lowest BCUT2D eigenvalue weighted by molar-refractivity contribution is -0.119. The van der Waals surface area contributed by atoms with Crippen LogP contribution in [0, 0.1) is 0 Å². The average Bonchev–Trinajstić information content (AvgIpc) is 2.64. The van der Waals surface area contributed by atoms with E-state index in [0.29, 0.717) is 22.6 Å². The fourth-order valence-corrected chi connectivity index (χ4v) is 3.50. The van der Waals surface area contributed by atoms with Gasteiger partial charge in [0.25, 0.3) is 5.56 Å². The van der Waals surface area contributed by atoms with Crippen LogP contribution in [0.5, 0.6) is 0 Å². The van der Waals surface area contributed by atoms with E-state index in [1.54, 1.807) is 10.6 Å². The number of carbonyl (C=O) groups is 1. The molecule has 1 aromatic carbocycles. The molecule has 0 aliphatic rings. The molecule has 0 saturated heterocycles. The number of para-hydroxylation sites is 1. The van der Waals surface area contributed by atoms with Crippen molar-refractivity contribution in [1.29, 1.82) is 0 Å². The number of thioether (sulfide) groups is 1. The zero-order valence-corrected chi connectivity index (χ0v) is 16.1. The number of rotatable bonds is 9. The van der Waals surface area contributed by atoms with E-state index >= 15 is 0 Å². The third kappa shape index (κ3) is 5.08. The molecule has 0 spiro atoms. The first-order valence-corrected chi connectivity index (χ1v) is 10.0. The molecule has 0 saturated carbocycles. The summed E-state index contributed by atoms with van der Waals surface area (Å²) < 4.78 is 1.71. The van der Waals surface area contributed by atoms with Gasteiger partial charge in [-0.3, -0.25) is 14.2 Å². The minimum atomic E-state index is -0.0260. The van der Waals surface area contributed by atoms with E-state index in [2.05, 4.69) is 31.1 Å². The number of nitrogens with one attached hydrogen (secondary N) is 1. The monoisotopic (exact) mass is 361 g/mol. The van der Waals surface area contributed by atoms with Gasteiger partial charge in [0.05, 0.1) is 16.7 Å². The number of hydrogen-bond acceptors (Lipinski definition) is 4. The maximum Gasteiger partial charge on any atom is 0.262 e. The summed E-state index contributed by atoms with van der Waals surface area (Å²) in [6.45, 7) is 6.85. The summed E-state index contributed by atoms with van der Waals surface area (Å²) in [4.78, 5) is 29.6. The normalized spacial score (nSPS) is 11.2. The van der Waals surface area contributed by atoms with Crippen LogP contribution in [0.3, 0.4) is 0 Å². The fraction of sp³-hybridized carbons (Fsp3) is 0.526. The van der Waals surface area contributed by atoms with Gasteiger partial charge in [-0.15, -0.1) is 0 Å². The van der Waals surface area contributed by atoms with Crippen molar-refractivity contribution >= 4 is 28.6 Å². The molecule has 1 heterocycles. The van der Waals surface area contributed by atoms with Crippen LogP contribution >= 0.6 is 11.8 Å². The Kier molecular flexibility index (Phi) is 7.50. The molecule has 25 heavy (non-hydrogen) atoms. The van der Waals surface area contributed by atoms with Crippen LogP contribution in [0.1, 0.15) is 46.5 Å². The van der Waals surface area contributed by atoms with Crippen molar-refractivity contribution in [3.8, 4) is 0 Å². The number of carbonyl (C=O) groups excluding carboxylic acids is 1. The van der Waals surface area contributed by atoms with Gasteiger partial charge in [-0.1, -0.05) is 51.1 Å². The Labute approximate surface area is 153 Å². The van der Waals surface area contributed by atoms with E-state index in [1.807, 2.05) is 18.2 Å². The number of fused-ring (bicyclic) bond motifs is 1. The number of hydrogen-bond donors (Lipinski definition) is 1. The molecule has 1 aromatic heterocycles. The van der Waals surface area contributed by atoms with Crippen LogP contribution in [0.25, 0.3) is 10.9 Å². The van der Waals surface area contributed by atoms with E-state index in [1.165, 1.54) is 11.8 Å². The van der Waals surface area contributed by atoms with Crippen LogP contribution in [0.4, 0.5) is 0 Å². The number of amides is 1. The van der Waals surface area contributed by atoms with Gasteiger partial charge < -0.3 is 5.32 Å². The van der Waals surface area contributed by atoms with Crippen LogP contribution in [0.2, 0.25) is 0 Å². The average molecular weight is 362 g/mol. The van der Waals surface area contributed by atoms with Crippen molar-refractivity contribution in [3.05, 3.63) is 34.6 Å². The van der Waals surface area contributed by atoms with E-state index in [0.717, 1.165) is 25.7 Å². The maximum absolute atomic E-state index is 12.8. The predicted molar refractivity (Wildman–Crippen MR) is 104 cm³/mol. The van der Waals surface area contributed by atoms with Gasteiger partial charge >= 0.3 is 0 Å². The summed E-state index contributed by atoms with van der Waals surface area (Å²) in [6.07, 6.45) is 3.75. The molecule has 6 heteroatoms. The maximum atomic E-state index is 12.8. The molecule has 0 bridgehead atoms. The second-order valence-corrected chi connectivity index (χ2v) is 7.03. The standard InChI is InChI=1S/C19H27N3O2S/c1-4-7-12-22-18(24)15-10-8-9-11-16(15)21-19(22)25-13-17(23)20-14(5-2)6-3/h8-11,14H,4-7,12-13H2,1-3H3,(H,20,23). The Morgan fingerprint density at radius 2 is 1.96 bits per heavy atom. The smallest absolute Gasteiger partial charge is 0.262 e. The fourth-order valence-electron chi connectivity index (χ4n) is 2.66. The SMILES string of the molecule is CCCCn1c(SCC(=O)NC(CC)CC)nc2ccccc2c1=O. The van der Waals surface area contributed by atoms with Gasteiger partial charge in [0.15, 0.2) is 5.16 Å². The van der Waals surface area contributed by atoms with Crippen LogP contribution < -0.4 is 10.9 Å². The van der Waals surface area contributed by atoms with E-state index in [9.17, 15) is 9.59 Å². The number of nitrogens with zero attached hydrogens (tertiary/aromatic N) is 2. The third-order valence-electron chi connectivity index (χ3n) is 4.24. The Bertz CT molecular complexity index is 769. The molecule has 2 aromatic rings. The zero-order valence-electron chi connectivity index (χ0n) is 15.2. The summed E-state index contributed by atoms with van der Waals surface area (Å²) in [5.41, 5.74) is 0.658. The van der Waals surface area contributed by atoms with E-state index in [-0.39, 0.29) is 23.3 Å². The molecule has 0 unspecified atom stereocenters. The first-order chi connectivity index (χ1) is 12.1. The zero-order chi connectivity index (χ0) is 18.2. The summed E-state index contributed by atoms with van der Waals surface area (Å²) in [7, 11) is 0. The second kappa shape index (κ2) is 9.61. The molecule has 1 N–H and O–H groups in total. The summed E-state index contributed by atoms with van der Waals surface area (Å²) in [6, 6.07) is 7.58. The van der Waals surface area contributed by atoms with Crippen LogP contribution in [-0.2, 0) is 11.3 Å². The first kappa shape index (κ1) is 19.5. The summed E-state index contributed by atoms with van der Waals surface area (Å²) in [5, 5.41) is 4.28. The van der Waals surface area contributed by atoms with Gasteiger partial charge in [-0.05, 0) is 31.4 Å². The number of benzene rings is 1. The Morgan fingerprint density at radius 3 is 2.64 bits per heavy atom. The minimum Gasteiger partial charge on any atom is -0.353 e. The molecule has 0 fully saturated rings. The highest BCUT2D eigenvalue weighted by molar-refractivity contribution is 7.99. The molecule has 0 aliphatic heterocycles. The molecule has 5 nitrogen and oxygen atoms in total.